The van der Waals surface area contributed by atoms with Crippen molar-refractivity contribution in [3.8, 4) is 0 Å². The maximum atomic E-state index is 11.4. The number of rotatable bonds is 2. The van der Waals surface area contributed by atoms with Gasteiger partial charge in [0.2, 0.25) is 0 Å². The van der Waals surface area contributed by atoms with Crippen LogP contribution in [0.2, 0.25) is 0 Å². The fourth-order valence-corrected chi connectivity index (χ4v) is 0.828. The predicted molar refractivity (Wildman–Crippen MR) is 42.3 cm³/mol. The van der Waals surface area contributed by atoms with Crippen molar-refractivity contribution in [1.29, 1.82) is 0 Å². The van der Waals surface area contributed by atoms with Crippen LogP contribution < -0.4 is 0 Å². The lowest BCUT2D eigenvalue weighted by atomic mass is 10.4. The molecule has 5 nitrogen and oxygen atoms in total. The van der Waals surface area contributed by atoms with E-state index in [1.807, 2.05) is 0 Å². The van der Waals surface area contributed by atoms with E-state index in [2.05, 4.69) is 5.10 Å². The Morgan fingerprint density at radius 2 is 2.42 bits per heavy atom. The van der Waals surface area contributed by atoms with Crippen molar-refractivity contribution in [3.05, 3.63) is 18.0 Å². The Hall–Kier alpha value is -1.36. The fourth-order valence-electron chi connectivity index (χ4n) is 0.828. The Kier molecular flexibility index (Phi) is 2.44. The zero-order chi connectivity index (χ0) is 9.14. The zero-order valence-electron chi connectivity index (χ0n) is 7.31. The molecule has 0 radical (unpaired) electrons. The van der Waals surface area contributed by atoms with E-state index in [0.29, 0.717) is 5.69 Å². The molecule has 0 fully saturated rings. The van der Waals surface area contributed by atoms with Crippen molar-refractivity contribution in [2.75, 3.05) is 14.2 Å². The van der Waals surface area contributed by atoms with E-state index in [-0.39, 0.29) is 5.91 Å². The smallest absolute Gasteiger partial charge is 0.274 e. The summed E-state index contributed by atoms with van der Waals surface area (Å²) in [5, 5.41) is 5.02. The molecule has 0 saturated carbocycles. The first-order valence-electron chi connectivity index (χ1n) is 3.47. The number of aromatic nitrogens is 2. The van der Waals surface area contributed by atoms with Crippen LogP contribution in [-0.2, 0) is 11.9 Å². The van der Waals surface area contributed by atoms with Crippen LogP contribution >= 0.6 is 0 Å². The van der Waals surface area contributed by atoms with Gasteiger partial charge in [0.15, 0.2) is 0 Å². The summed E-state index contributed by atoms with van der Waals surface area (Å²) in [5.74, 6) is -0.211. The van der Waals surface area contributed by atoms with Gasteiger partial charge in [0.1, 0.15) is 5.69 Å². The minimum atomic E-state index is -0.211. The third-order valence-electron chi connectivity index (χ3n) is 1.60. The van der Waals surface area contributed by atoms with Gasteiger partial charge in [-0.2, -0.15) is 5.10 Å². The van der Waals surface area contributed by atoms with Gasteiger partial charge in [0, 0.05) is 20.3 Å². The zero-order valence-corrected chi connectivity index (χ0v) is 7.31. The predicted octanol–water partition coefficient (Wildman–Crippen LogP) is 0.0535. The number of hydrogen-bond acceptors (Lipinski definition) is 3. The van der Waals surface area contributed by atoms with Gasteiger partial charge in [-0.25, -0.2) is 5.06 Å². The van der Waals surface area contributed by atoms with Gasteiger partial charge in [0.25, 0.3) is 5.91 Å². The number of hydroxylamine groups is 2. The molecular weight excluding hydrogens is 158 g/mol. The second-order valence-electron chi connectivity index (χ2n) is 2.33. The number of hydrogen-bond donors (Lipinski definition) is 0. The normalized spacial score (nSPS) is 9.92. The van der Waals surface area contributed by atoms with E-state index < -0.39 is 0 Å². The monoisotopic (exact) mass is 169 g/mol. The average Bonchev–Trinajstić information content (AvgIpc) is 2.48. The van der Waals surface area contributed by atoms with Crippen LogP contribution in [-0.4, -0.2) is 34.9 Å². The molecule has 1 rings (SSSR count). The molecule has 5 heteroatoms. The Labute approximate surface area is 70.5 Å². The third kappa shape index (κ3) is 1.45. The Morgan fingerprint density at radius 1 is 1.75 bits per heavy atom. The second kappa shape index (κ2) is 3.36. The van der Waals surface area contributed by atoms with Gasteiger partial charge < -0.3 is 0 Å². The fraction of sp³-hybridized carbons (Fsp3) is 0.429. The van der Waals surface area contributed by atoms with Crippen LogP contribution in [0.4, 0.5) is 0 Å². The number of aryl methyl sites for hydroxylation is 1. The van der Waals surface area contributed by atoms with Gasteiger partial charge >= 0.3 is 0 Å². The van der Waals surface area contributed by atoms with E-state index in [4.69, 9.17) is 4.84 Å². The molecule has 0 spiro atoms. The largest absolute Gasteiger partial charge is 0.295 e. The molecule has 0 N–H and O–H groups in total. The first kappa shape index (κ1) is 8.73. The summed E-state index contributed by atoms with van der Waals surface area (Å²) >= 11 is 0. The molecule has 1 aromatic rings. The number of carbonyl (C=O) groups is 1. The summed E-state index contributed by atoms with van der Waals surface area (Å²) in [6.07, 6.45) is 1.57. The van der Waals surface area contributed by atoms with Crippen molar-refractivity contribution >= 4 is 5.91 Å². The molecule has 1 aromatic heterocycles. The minimum Gasteiger partial charge on any atom is -0.274 e. The summed E-state index contributed by atoms with van der Waals surface area (Å²) in [6.45, 7) is 0. The Bertz CT molecular complexity index is 282. The molecule has 12 heavy (non-hydrogen) atoms. The molecule has 0 aliphatic carbocycles. The molecule has 0 bridgehead atoms. The van der Waals surface area contributed by atoms with Gasteiger partial charge in [-0.15, -0.1) is 0 Å². The highest BCUT2D eigenvalue weighted by atomic mass is 16.7. The first-order valence-corrected chi connectivity index (χ1v) is 3.47. The van der Waals surface area contributed by atoms with E-state index in [1.54, 1.807) is 26.4 Å². The van der Waals surface area contributed by atoms with Crippen molar-refractivity contribution in [1.82, 2.24) is 14.8 Å². The van der Waals surface area contributed by atoms with Gasteiger partial charge in [-0.3, -0.25) is 14.3 Å². The summed E-state index contributed by atoms with van der Waals surface area (Å²) < 4.78 is 1.50. The van der Waals surface area contributed by atoms with Crippen molar-refractivity contribution in [3.63, 3.8) is 0 Å². The quantitative estimate of drug-likeness (QED) is 0.588. The highest BCUT2D eigenvalue weighted by molar-refractivity contribution is 5.91. The molecule has 0 unspecified atom stereocenters. The summed E-state index contributed by atoms with van der Waals surface area (Å²) in [6, 6.07) is 1.64. The second-order valence-corrected chi connectivity index (χ2v) is 2.33. The molecule has 0 aliphatic rings. The molecule has 66 valence electrons. The minimum absolute atomic E-state index is 0.211. The van der Waals surface area contributed by atoms with E-state index in [0.717, 1.165) is 5.06 Å². The summed E-state index contributed by atoms with van der Waals surface area (Å²) in [5.41, 5.74) is 0.499. The maximum absolute atomic E-state index is 11.4. The summed E-state index contributed by atoms with van der Waals surface area (Å²) in [7, 11) is 4.69. The van der Waals surface area contributed by atoms with Crippen molar-refractivity contribution < 1.29 is 9.63 Å². The molecule has 1 amide bonds. The lowest BCUT2D eigenvalue weighted by Gasteiger charge is -2.12. The summed E-state index contributed by atoms with van der Waals surface area (Å²) in [4.78, 5) is 16.1. The number of carbonyl (C=O) groups excluding carboxylic acids is 1. The third-order valence-corrected chi connectivity index (χ3v) is 1.60. The molecule has 0 atom stereocenters. The topological polar surface area (TPSA) is 47.4 Å². The molecule has 0 aliphatic heterocycles. The van der Waals surface area contributed by atoms with Gasteiger partial charge in [-0.05, 0) is 6.07 Å². The molecule has 0 aromatic carbocycles. The molecular formula is C7H11N3O2. The SMILES string of the molecule is CON(C)C(=O)c1ccnn1C. The van der Waals surface area contributed by atoms with Crippen molar-refractivity contribution in [2.24, 2.45) is 7.05 Å². The van der Waals surface area contributed by atoms with E-state index in [1.165, 1.54) is 11.8 Å². The van der Waals surface area contributed by atoms with Crippen molar-refractivity contribution in [2.45, 2.75) is 0 Å². The average molecular weight is 169 g/mol. The Morgan fingerprint density at radius 3 is 2.83 bits per heavy atom. The van der Waals surface area contributed by atoms with Crippen LogP contribution in [0, 0.1) is 0 Å². The van der Waals surface area contributed by atoms with Gasteiger partial charge in [-0.1, -0.05) is 0 Å². The number of amides is 1. The molecule has 0 saturated heterocycles. The standard InChI is InChI=1S/C7H11N3O2/c1-9-6(4-5-8-9)7(11)10(2)12-3/h4-5H,1-3H3. The van der Waals surface area contributed by atoms with E-state index >= 15 is 0 Å². The van der Waals surface area contributed by atoms with Crippen LogP contribution in [0.15, 0.2) is 12.3 Å². The lowest BCUT2D eigenvalue weighted by molar-refractivity contribution is -0.0763. The van der Waals surface area contributed by atoms with Gasteiger partial charge in [0.05, 0.1) is 7.11 Å². The van der Waals surface area contributed by atoms with E-state index in [9.17, 15) is 4.79 Å². The lowest BCUT2D eigenvalue weighted by Crippen LogP contribution is -2.27. The van der Waals surface area contributed by atoms with Crippen LogP contribution in [0.3, 0.4) is 0 Å². The van der Waals surface area contributed by atoms with Crippen LogP contribution in [0.5, 0.6) is 0 Å². The highest BCUT2D eigenvalue weighted by Crippen LogP contribution is 2.00. The highest BCUT2D eigenvalue weighted by Gasteiger charge is 2.13. The Balaban J connectivity index is 2.85. The number of nitrogens with zero attached hydrogens (tertiary/aromatic N) is 3. The van der Waals surface area contributed by atoms with Crippen LogP contribution in [0.1, 0.15) is 10.5 Å². The first-order chi connectivity index (χ1) is 5.66. The van der Waals surface area contributed by atoms with Crippen LogP contribution in [0.25, 0.3) is 0 Å². The maximum Gasteiger partial charge on any atom is 0.295 e. The molecule has 1 heterocycles.